The molecule has 1 unspecified atom stereocenters. The van der Waals surface area contributed by atoms with Gasteiger partial charge in [-0.25, -0.2) is 4.39 Å². The van der Waals surface area contributed by atoms with Gasteiger partial charge in [-0.15, -0.1) is 0 Å². The molecule has 1 fully saturated rings. The first-order chi connectivity index (χ1) is 8.51. The first-order valence-electron chi connectivity index (χ1n) is 6.71. The monoisotopic (exact) mass is 269 g/mol. The summed E-state index contributed by atoms with van der Waals surface area (Å²) in [5, 5.41) is 0.439. The SMILES string of the molecule is CC1(C(N)Cc2ccc(Cl)cc2F)CCCCC1. The van der Waals surface area contributed by atoms with E-state index in [1.54, 1.807) is 12.1 Å². The minimum Gasteiger partial charge on any atom is -0.327 e. The number of nitrogens with two attached hydrogens (primary N) is 1. The molecule has 0 aliphatic heterocycles. The lowest BCUT2D eigenvalue weighted by Crippen LogP contribution is -2.42. The average molecular weight is 270 g/mol. The van der Waals surface area contributed by atoms with Crippen LogP contribution in [0.3, 0.4) is 0 Å². The lowest BCUT2D eigenvalue weighted by Gasteiger charge is -2.39. The van der Waals surface area contributed by atoms with Gasteiger partial charge in [0.2, 0.25) is 0 Å². The third-order valence-corrected chi connectivity index (χ3v) is 4.58. The van der Waals surface area contributed by atoms with E-state index in [2.05, 4.69) is 6.92 Å². The van der Waals surface area contributed by atoms with Gasteiger partial charge in [0.1, 0.15) is 5.82 Å². The summed E-state index contributed by atoms with van der Waals surface area (Å²) >= 11 is 5.76. The van der Waals surface area contributed by atoms with Crippen molar-refractivity contribution in [1.82, 2.24) is 0 Å². The van der Waals surface area contributed by atoms with Crippen molar-refractivity contribution in [3.8, 4) is 0 Å². The Hall–Kier alpha value is -0.600. The molecule has 2 rings (SSSR count). The van der Waals surface area contributed by atoms with E-state index in [9.17, 15) is 4.39 Å². The summed E-state index contributed by atoms with van der Waals surface area (Å²) in [6, 6.07) is 4.88. The number of benzene rings is 1. The molecular formula is C15H21ClFN. The maximum Gasteiger partial charge on any atom is 0.127 e. The second-order valence-corrected chi connectivity index (χ2v) is 6.20. The van der Waals surface area contributed by atoms with E-state index < -0.39 is 0 Å². The number of hydrogen-bond acceptors (Lipinski definition) is 1. The van der Waals surface area contributed by atoms with Crippen molar-refractivity contribution in [3.63, 3.8) is 0 Å². The molecule has 2 N–H and O–H groups in total. The van der Waals surface area contributed by atoms with Gasteiger partial charge >= 0.3 is 0 Å². The lowest BCUT2D eigenvalue weighted by molar-refractivity contribution is 0.168. The zero-order valence-electron chi connectivity index (χ0n) is 10.9. The van der Waals surface area contributed by atoms with E-state index in [4.69, 9.17) is 17.3 Å². The molecule has 0 radical (unpaired) electrons. The Balaban J connectivity index is 2.08. The van der Waals surface area contributed by atoms with Crippen LogP contribution < -0.4 is 5.73 Å². The Morgan fingerprint density at radius 1 is 1.33 bits per heavy atom. The summed E-state index contributed by atoms with van der Waals surface area (Å²) in [5.41, 5.74) is 7.16. The predicted molar refractivity (Wildman–Crippen MR) is 74.3 cm³/mol. The Bertz CT molecular complexity index is 413. The molecule has 1 aromatic carbocycles. The Morgan fingerprint density at radius 2 is 2.00 bits per heavy atom. The van der Waals surface area contributed by atoms with E-state index in [1.165, 1.54) is 25.3 Å². The van der Waals surface area contributed by atoms with E-state index in [1.807, 2.05) is 0 Å². The van der Waals surface area contributed by atoms with Crippen molar-refractivity contribution in [2.75, 3.05) is 0 Å². The van der Waals surface area contributed by atoms with Crippen molar-refractivity contribution in [1.29, 1.82) is 0 Å². The highest BCUT2D eigenvalue weighted by atomic mass is 35.5. The normalized spacial score (nSPS) is 20.7. The Morgan fingerprint density at radius 3 is 2.61 bits per heavy atom. The molecule has 0 saturated heterocycles. The number of rotatable bonds is 3. The zero-order valence-corrected chi connectivity index (χ0v) is 11.6. The molecule has 0 spiro atoms. The maximum absolute atomic E-state index is 13.8. The molecule has 18 heavy (non-hydrogen) atoms. The minimum absolute atomic E-state index is 0.0217. The van der Waals surface area contributed by atoms with Crippen LogP contribution in [0.5, 0.6) is 0 Å². The number of hydrogen-bond donors (Lipinski definition) is 1. The van der Waals surface area contributed by atoms with Crippen LogP contribution in [0.2, 0.25) is 5.02 Å². The topological polar surface area (TPSA) is 26.0 Å². The molecular weight excluding hydrogens is 249 g/mol. The molecule has 1 aliphatic rings. The van der Waals surface area contributed by atoms with Crippen molar-refractivity contribution in [2.24, 2.45) is 11.1 Å². The molecule has 1 aliphatic carbocycles. The average Bonchev–Trinajstić information content (AvgIpc) is 2.33. The number of halogens is 2. The van der Waals surface area contributed by atoms with Gasteiger partial charge in [0, 0.05) is 11.1 Å². The first-order valence-corrected chi connectivity index (χ1v) is 7.08. The second kappa shape index (κ2) is 5.58. The molecule has 1 saturated carbocycles. The smallest absolute Gasteiger partial charge is 0.127 e. The second-order valence-electron chi connectivity index (χ2n) is 5.76. The van der Waals surface area contributed by atoms with Crippen molar-refractivity contribution in [2.45, 2.75) is 51.5 Å². The van der Waals surface area contributed by atoms with Crippen LogP contribution in [0, 0.1) is 11.2 Å². The van der Waals surface area contributed by atoms with Gasteiger partial charge in [0.05, 0.1) is 0 Å². The highest BCUT2D eigenvalue weighted by Crippen LogP contribution is 2.39. The quantitative estimate of drug-likeness (QED) is 0.869. The molecule has 0 bridgehead atoms. The summed E-state index contributed by atoms with van der Waals surface area (Å²) in [6.45, 7) is 2.24. The Kier molecular flexibility index (Phi) is 4.29. The van der Waals surface area contributed by atoms with Crippen LogP contribution in [0.25, 0.3) is 0 Å². The molecule has 1 atom stereocenters. The fourth-order valence-corrected chi connectivity index (χ4v) is 3.06. The van der Waals surface area contributed by atoms with Crippen molar-refractivity contribution >= 4 is 11.6 Å². The van der Waals surface area contributed by atoms with Crippen LogP contribution in [-0.4, -0.2) is 6.04 Å². The van der Waals surface area contributed by atoms with Crippen molar-refractivity contribution in [3.05, 3.63) is 34.6 Å². The molecule has 3 heteroatoms. The third kappa shape index (κ3) is 3.04. The fraction of sp³-hybridized carbons (Fsp3) is 0.600. The summed E-state index contributed by atoms with van der Waals surface area (Å²) in [4.78, 5) is 0. The lowest BCUT2D eigenvalue weighted by atomic mass is 9.69. The van der Waals surface area contributed by atoms with Crippen LogP contribution in [-0.2, 0) is 6.42 Å². The summed E-state index contributed by atoms with van der Waals surface area (Å²) in [6.07, 6.45) is 6.70. The fourth-order valence-electron chi connectivity index (χ4n) is 2.90. The van der Waals surface area contributed by atoms with Crippen LogP contribution in [0.4, 0.5) is 4.39 Å². The molecule has 1 aromatic rings. The van der Waals surface area contributed by atoms with Gasteiger partial charge in [0.15, 0.2) is 0 Å². The van der Waals surface area contributed by atoms with E-state index >= 15 is 0 Å². The van der Waals surface area contributed by atoms with Gasteiger partial charge in [-0.1, -0.05) is 43.9 Å². The zero-order chi connectivity index (χ0) is 13.2. The summed E-state index contributed by atoms with van der Waals surface area (Å²) < 4.78 is 13.8. The molecule has 0 amide bonds. The third-order valence-electron chi connectivity index (χ3n) is 4.35. The van der Waals surface area contributed by atoms with Crippen LogP contribution >= 0.6 is 11.6 Å². The van der Waals surface area contributed by atoms with Gasteiger partial charge in [-0.2, -0.15) is 0 Å². The molecule has 0 heterocycles. The Labute approximate surface area is 114 Å². The van der Waals surface area contributed by atoms with E-state index in [0.717, 1.165) is 12.8 Å². The molecule has 100 valence electrons. The first kappa shape index (κ1) is 13.8. The summed E-state index contributed by atoms with van der Waals surface area (Å²) in [5.74, 6) is -0.239. The van der Waals surface area contributed by atoms with E-state index in [-0.39, 0.29) is 17.3 Å². The van der Waals surface area contributed by atoms with Crippen LogP contribution in [0.15, 0.2) is 18.2 Å². The molecule has 1 nitrogen and oxygen atoms in total. The largest absolute Gasteiger partial charge is 0.327 e. The minimum atomic E-state index is -0.239. The van der Waals surface area contributed by atoms with Gasteiger partial charge < -0.3 is 5.73 Å². The summed E-state index contributed by atoms with van der Waals surface area (Å²) in [7, 11) is 0. The van der Waals surface area contributed by atoms with E-state index in [0.29, 0.717) is 17.0 Å². The van der Waals surface area contributed by atoms with Gasteiger partial charge in [-0.3, -0.25) is 0 Å². The van der Waals surface area contributed by atoms with Crippen molar-refractivity contribution < 1.29 is 4.39 Å². The standard InChI is InChI=1S/C15H21ClFN/c1-15(7-3-2-4-8-15)14(18)9-11-5-6-12(16)10-13(11)17/h5-6,10,14H,2-4,7-9,18H2,1H3. The molecule has 0 aromatic heterocycles. The highest BCUT2D eigenvalue weighted by Gasteiger charge is 2.33. The predicted octanol–water partition coefficient (Wildman–Crippen LogP) is 4.32. The van der Waals surface area contributed by atoms with Gasteiger partial charge in [0.25, 0.3) is 0 Å². The van der Waals surface area contributed by atoms with Gasteiger partial charge in [-0.05, 0) is 42.4 Å². The highest BCUT2D eigenvalue weighted by molar-refractivity contribution is 6.30. The maximum atomic E-state index is 13.8. The van der Waals surface area contributed by atoms with Crippen LogP contribution in [0.1, 0.15) is 44.6 Å².